The number of hydroxylamine groups is 1. The van der Waals surface area contributed by atoms with Crippen LogP contribution in [0.2, 0.25) is 0 Å². The molecule has 1 aliphatic heterocycles. The number of para-hydroxylation sites is 3. The number of hydrogen-bond acceptors (Lipinski definition) is 6. The zero-order valence-corrected chi connectivity index (χ0v) is 30.0. The standard InChI is InChI=1S/C11H15NO.C10H18O3.C7H9N.C7H8N.BrH.Mg/c1-3-4-10-13-12(2)11-8-6-5-7-9-11;1-3-4-9-12-13-10(2)7-5-6-8-11-10;2*1-8-7-5-3-2-4-6-7;;/h3,5-9H,1,4,10H2,2H3;3H,1,4-9H2,2H3;2-6,8H,1H3;2-6H,1H3;1H;/q;;;-1;;+2/p-1. The van der Waals surface area contributed by atoms with Gasteiger partial charge in [0.1, 0.15) is 0 Å². The van der Waals surface area contributed by atoms with E-state index in [0.29, 0.717) is 13.2 Å². The fraction of sp³-hybridized carbons (Fsp3) is 0.371. The van der Waals surface area contributed by atoms with Crippen molar-refractivity contribution in [2.24, 2.45) is 0 Å². The Morgan fingerprint density at radius 2 is 1.43 bits per heavy atom. The Balaban J connectivity index is 0. The predicted octanol–water partition coefficient (Wildman–Crippen LogP) is 5.73. The number of nitrogens with one attached hydrogen (secondary N) is 1. The Kier molecular flexibility index (Phi) is 29.2. The van der Waals surface area contributed by atoms with Gasteiger partial charge in [0, 0.05) is 26.2 Å². The zero-order valence-electron chi connectivity index (χ0n) is 27.0. The topological polar surface area (TPSA) is 66.3 Å². The third-order valence-electron chi connectivity index (χ3n) is 5.88. The first-order chi connectivity index (χ1) is 20.5. The Morgan fingerprint density at radius 3 is 1.89 bits per heavy atom. The maximum absolute atomic E-state index is 5.47. The van der Waals surface area contributed by atoms with Crippen molar-refractivity contribution in [3.63, 3.8) is 0 Å². The maximum Gasteiger partial charge on any atom is 2.00 e. The summed E-state index contributed by atoms with van der Waals surface area (Å²) in [6.07, 6.45) is 8.48. The summed E-state index contributed by atoms with van der Waals surface area (Å²) in [5, 5.41) is 8.76. The van der Waals surface area contributed by atoms with Crippen molar-refractivity contribution >= 4 is 40.1 Å². The van der Waals surface area contributed by atoms with E-state index in [9.17, 15) is 0 Å². The molecule has 44 heavy (non-hydrogen) atoms. The van der Waals surface area contributed by atoms with Gasteiger partial charge in [-0.05, 0) is 56.9 Å². The van der Waals surface area contributed by atoms with Gasteiger partial charge in [-0.1, -0.05) is 78.9 Å². The fourth-order valence-electron chi connectivity index (χ4n) is 3.44. The molecule has 0 aliphatic carbocycles. The van der Waals surface area contributed by atoms with Gasteiger partial charge in [0.15, 0.2) is 5.79 Å². The Hall–Kier alpha value is -2.37. The number of nitrogens with zero attached hydrogens (tertiary/aromatic N) is 2. The van der Waals surface area contributed by atoms with E-state index >= 15 is 0 Å². The molecule has 1 fully saturated rings. The molecule has 1 N–H and O–H groups in total. The molecule has 238 valence electrons. The van der Waals surface area contributed by atoms with Gasteiger partial charge in [0.2, 0.25) is 0 Å². The van der Waals surface area contributed by atoms with Crippen LogP contribution in [0.3, 0.4) is 0 Å². The summed E-state index contributed by atoms with van der Waals surface area (Å²) in [6.45, 7) is 11.1. The van der Waals surface area contributed by atoms with Crippen molar-refractivity contribution in [1.29, 1.82) is 0 Å². The van der Waals surface area contributed by atoms with Crippen LogP contribution in [-0.4, -0.2) is 69.8 Å². The molecule has 1 unspecified atom stereocenters. The van der Waals surface area contributed by atoms with Crippen molar-refractivity contribution in [2.75, 3.05) is 51.3 Å². The van der Waals surface area contributed by atoms with Crippen LogP contribution in [0.5, 0.6) is 0 Å². The average molecular weight is 681 g/mol. The van der Waals surface area contributed by atoms with Gasteiger partial charge < -0.3 is 32.4 Å². The molecule has 4 rings (SSSR count). The molecule has 7 nitrogen and oxygen atoms in total. The summed E-state index contributed by atoms with van der Waals surface area (Å²) in [7, 11) is 5.60. The molecule has 0 amide bonds. The summed E-state index contributed by atoms with van der Waals surface area (Å²) in [5.41, 5.74) is 3.26. The number of halogens is 1. The summed E-state index contributed by atoms with van der Waals surface area (Å²) in [4.78, 5) is 15.7. The number of benzene rings is 3. The van der Waals surface area contributed by atoms with E-state index < -0.39 is 5.79 Å². The Morgan fingerprint density at radius 1 is 0.886 bits per heavy atom. The van der Waals surface area contributed by atoms with Gasteiger partial charge >= 0.3 is 23.1 Å². The normalized spacial score (nSPS) is 14.5. The van der Waals surface area contributed by atoms with E-state index in [2.05, 4.69) is 23.8 Å². The van der Waals surface area contributed by atoms with Crippen LogP contribution in [0, 0.1) is 0 Å². The van der Waals surface area contributed by atoms with Crippen molar-refractivity contribution < 1.29 is 36.3 Å². The molecular formula is C35H50BrMgN3O4. The predicted molar refractivity (Wildman–Crippen MR) is 183 cm³/mol. The summed E-state index contributed by atoms with van der Waals surface area (Å²) in [5.74, 6) is -0.528. The molecule has 3 aromatic carbocycles. The van der Waals surface area contributed by atoms with Crippen molar-refractivity contribution in [1.82, 2.24) is 0 Å². The second-order valence-electron chi connectivity index (χ2n) is 9.34. The van der Waals surface area contributed by atoms with Gasteiger partial charge in [0.25, 0.3) is 0 Å². The molecule has 0 spiro atoms. The van der Waals surface area contributed by atoms with Crippen LogP contribution in [0.25, 0.3) is 5.32 Å². The first-order valence-corrected chi connectivity index (χ1v) is 14.4. The minimum absolute atomic E-state index is 0. The van der Waals surface area contributed by atoms with Gasteiger partial charge in [-0.2, -0.15) is 0 Å². The smallest absolute Gasteiger partial charge is 1.00 e. The number of anilines is 2. The van der Waals surface area contributed by atoms with Crippen molar-refractivity contribution in [3.05, 3.63) is 122 Å². The van der Waals surface area contributed by atoms with E-state index in [1.54, 1.807) is 18.2 Å². The molecule has 0 bridgehead atoms. The molecule has 0 saturated carbocycles. The molecule has 1 aliphatic rings. The summed E-state index contributed by atoms with van der Waals surface area (Å²) < 4.78 is 5.47. The average Bonchev–Trinajstić information content (AvgIpc) is 3.05. The third kappa shape index (κ3) is 22.2. The maximum atomic E-state index is 5.47. The molecular weight excluding hydrogens is 631 g/mol. The van der Waals surface area contributed by atoms with E-state index in [4.69, 9.17) is 19.3 Å². The Labute approximate surface area is 292 Å². The quantitative estimate of drug-likeness (QED) is 0.0867. The summed E-state index contributed by atoms with van der Waals surface area (Å²) >= 11 is 0. The molecule has 9 heteroatoms. The second-order valence-corrected chi connectivity index (χ2v) is 9.34. The largest absolute Gasteiger partial charge is 2.00 e. The third-order valence-corrected chi connectivity index (χ3v) is 5.88. The molecule has 0 radical (unpaired) electrons. The first kappa shape index (κ1) is 43.8. The van der Waals surface area contributed by atoms with Gasteiger partial charge in [-0.25, -0.2) is 9.78 Å². The van der Waals surface area contributed by atoms with Crippen LogP contribution >= 0.6 is 0 Å². The first-order valence-electron chi connectivity index (χ1n) is 14.4. The minimum atomic E-state index is -0.528. The molecule has 3 aromatic rings. The molecule has 1 heterocycles. The monoisotopic (exact) mass is 679 g/mol. The summed E-state index contributed by atoms with van der Waals surface area (Å²) in [6, 6.07) is 29.9. The Bertz CT molecular complexity index is 1000. The van der Waals surface area contributed by atoms with E-state index in [1.165, 1.54) is 0 Å². The van der Waals surface area contributed by atoms with Crippen LogP contribution in [0.4, 0.5) is 17.1 Å². The van der Waals surface area contributed by atoms with Crippen molar-refractivity contribution in [2.45, 2.75) is 44.8 Å². The van der Waals surface area contributed by atoms with Crippen LogP contribution in [-0.2, 0) is 19.3 Å². The van der Waals surface area contributed by atoms with Gasteiger partial charge in [-0.3, -0.25) is 9.90 Å². The van der Waals surface area contributed by atoms with Crippen molar-refractivity contribution in [3.8, 4) is 0 Å². The number of ether oxygens (including phenoxy) is 1. The SMILES string of the molecule is C=CCCON(C)c1ccccc1.C=CCCOOC1(C)CCCCO1.CNc1ccccc1.C[N-]c1ccccc1.[Br-].[Mg+2]. The number of hydrogen-bond donors (Lipinski definition) is 1. The van der Waals surface area contributed by atoms with Crippen LogP contribution < -0.4 is 27.4 Å². The molecule has 0 aromatic heterocycles. The minimum Gasteiger partial charge on any atom is -1.00 e. The van der Waals surface area contributed by atoms with E-state index in [0.717, 1.165) is 55.8 Å². The van der Waals surface area contributed by atoms with E-state index in [-0.39, 0.29) is 40.0 Å². The van der Waals surface area contributed by atoms with Crippen LogP contribution in [0.15, 0.2) is 116 Å². The van der Waals surface area contributed by atoms with Crippen LogP contribution in [0.1, 0.15) is 39.0 Å². The number of rotatable bonds is 12. The van der Waals surface area contributed by atoms with E-state index in [1.807, 2.05) is 118 Å². The van der Waals surface area contributed by atoms with Gasteiger partial charge in [-0.15, -0.1) is 25.9 Å². The molecule has 1 saturated heterocycles. The zero-order chi connectivity index (χ0) is 30.7. The molecule has 1 atom stereocenters. The van der Waals surface area contributed by atoms with Gasteiger partial charge in [0.05, 0.1) is 25.5 Å². The fourth-order valence-corrected chi connectivity index (χ4v) is 3.44. The second kappa shape index (κ2) is 29.3.